The number of rotatable bonds is 6. The molecule has 2 heterocycles. The Morgan fingerprint density at radius 1 is 1.21 bits per heavy atom. The van der Waals surface area contributed by atoms with E-state index in [1.807, 2.05) is 30.3 Å². The Bertz CT molecular complexity index is 1400. The summed E-state index contributed by atoms with van der Waals surface area (Å²) in [4.78, 5) is 33.1. The third kappa shape index (κ3) is 4.65. The Morgan fingerprint density at radius 2 is 1.97 bits per heavy atom. The number of benzene rings is 2. The fraction of sp³-hybridized carbons (Fsp3) is 0.269. The number of hydrogen-bond acceptors (Lipinski definition) is 5. The van der Waals surface area contributed by atoms with E-state index in [1.165, 1.54) is 40.9 Å². The van der Waals surface area contributed by atoms with Crippen molar-refractivity contribution in [2.75, 3.05) is 11.1 Å². The average Bonchev–Trinajstić information content (AvgIpc) is 3.19. The van der Waals surface area contributed by atoms with E-state index >= 15 is 0 Å². The summed E-state index contributed by atoms with van der Waals surface area (Å²) in [5.41, 5.74) is 2.44. The van der Waals surface area contributed by atoms with Crippen LogP contribution in [0.5, 0.6) is 0 Å². The second-order valence-corrected chi connectivity index (χ2v) is 10.7. The lowest BCUT2D eigenvalue weighted by Gasteiger charge is -2.17. The summed E-state index contributed by atoms with van der Waals surface area (Å²) in [6.07, 6.45) is 3.23. The van der Waals surface area contributed by atoms with Crippen molar-refractivity contribution in [3.63, 3.8) is 0 Å². The number of halogens is 1. The number of fused-ring (bicyclic) bond motifs is 3. The van der Waals surface area contributed by atoms with Gasteiger partial charge < -0.3 is 5.32 Å². The standard InChI is InChI=1S/C26H24FN3O2S2/c1-16-7-12-20-21(15-16)34-24-23(20)25(32)30(19-5-3-2-4-6-19)26(29-24)33-14-13-22(31)28-18-10-8-17(27)9-11-18/h2-6,8-11,16H,7,12-15H2,1H3,(H,28,31)/t16-/m1/s1. The molecular formula is C26H24FN3O2S2. The molecule has 0 fully saturated rings. The smallest absolute Gasteiger partial charge is 0.267 e. The third-order valence-electron chi connectivity index (χ3n) is 6.00. The van der Waals surface area contributed by atoms with Crippen molar-refractivity contribution in [3.8, 4) is 5.69 Å². The molecule has 0 spiro atoms. The lowest BCUT2D eigenvalue weighted by Crippen LogP contribution is -2.23. The van der Waals surface area contributed by atoms with Crippen molar-refractivity contribution in [2.45, 2.75) is 37.8 Å². The number of thiophene rings is 1. The first-order chi connectivity index (χ1) is 16.5. The quantitative estimate of drug-likeness (QED) is 0.271. The monoisotopic (exact) mass is 493 g/mol. The number of amides is 1. The molecule has 0 aliphatic heterocycles. The molecule has 2 aromatic heterocycles. The number of aryl methyl sites for hydroxylation is 1. The highest BCUT2D eigenvalue weighted by Crippen LogP contribution is 2.37. The molecule has 1 N–H and O–H groups in total. The number of para-hydroxylation sites is 1. The Morgan fingerprint density at radius 3 is 2.74 bits per heavy atom. The molecule has 5 rings (SSSR count). The van der Waals surface area contributed by atoms with Crippen LogP contribution in [0.1, 0.15) is 30.2 Å². The molecule has 4 aromatic rings. The van der Waals surface area contributed by atoms with Crippen LogP contribution in [0.2, 0.25) is 0 Å². The molecule has 1 amide bonds. The SMILES string of the molecule is C[C@@H]1CCc2c(sc3nc(SCCC(=O)Nc4ccc(F)cc4)n(-c4ccccc4)c(=O)c23)C1. The number of aromatic nitrogens is 2. The molecule has 34 heavy (non-hydrogen) atoms. The van der Waals surface area contributed by atoms with Crippen molar-refractivity contribution in [3.05, 3.63) is 81.2 Å². The maximum Gasteiger partial charge on any atom is 0.267 e. The molecule has 2 aromatic carbocycles. The van der Waals surface area contributed by atoms with Crippen LogP contribution in [0.25, 0.3) is 15.9 Å². The highest BCUT2D eigenvalue weighted by molar-refractivity contribution is 7.99. The van der Waals surface area contributed by atoms with Gasteiger partial charge in [0.15, 0.2) is 5.16 Å². The van der Waals surface area contributed by atoms with Crippen molar-refractivity contribution in [2.24, 2.45) is 5.92 Å². The maximum atomic E-state index is 13.7. The highest BCUT2D eigenvalue weighted by Gasteiger charge is 2.25. The van der Waals surface area contributed by atoms with E-state index in [0.717, 1.165) is 40.7 Å². The molecule has 1 atom stereocenters. The lowest BCUT2D eigenvalue weighted by atomic mass is 9.89. The van der Waals surface area contributed by atoms with Gasteiger partial charge in [0, 0.05) is 22.7 Å². The van der Waals surface area contributed by atoms with Gasteiger partial charge in [0.25, 0.3) is 5.56 Å². The minimum Gasteiger partial charge on any atom is -0.326 e. The van der Waals surface area contributed by atoms with Crippen LogP contribution < -0.4 is 10.9 Å². The summed E-state index contributed by atoms with van der Waals surface area (Å²) >= 11 is 3.03. The zero-order valence-corrected chi connectivity index (χ0v) is 20.3. The Labute approximate surface area is 205 Å². The van der Waals surface area contributed by atoms with Crippen LogP contribution in [0, 0.1) is 11.7 Å². The molecule has 5 nitrogen and oxygen atoms in total. The number of hydrogen-bond donors (Lipinski definition) is 1. The van der Waals surface area contributed by atoms with Crippen molar-refractivity contribution >= 4 is 44.9 Å². The van der Waals surface area contributed by atoms with E-state index < -0.39 is 0 Å². The maximum absolute atomic E-state index is 13.7. The Hall–Kier alpha value is -2.97. The Kier molecular flexibility index (Phi) is 6.52. The van der Waals surface area contributed by atoms with Gasteiger partial charge in [0.2, 0.25) is 5.91 Å². The van der Waals surface area contributed by atoms with Crippen LogP contribution >= 0.6 is 23.1 Å². The van der Waals surface area contributed by atoms with Gasteiger partial charge in [0.1, 0.15) is 10.6 Å². The van der Waals surface area contributed by atoms with E-state index in [0.29, 0.717) is 22.5 Å². The summed E-state index contributed by atoms with van der Waals surface area (Å²) < 4.78 is 14.8. The first-order valence-electron chi connectivity index (χ1n) is 11.3. The van der Waals surface area contributed by atoms with Crippen LogP contribution in [-0.2, 0) is 17.6 Å². The van der Waals surface area contributed by atoms with E-state index in [-0.39, 0.29) is 23.7 Å². The van der Waals surface area contributed by atoms with Gasteiger partial charge in [0.05, 0.1) is 11.1 Å². The fourth-order valence-electron chi connectivity index (χ4n) is 4.26. The molecule has 0 saturated carbocycles. The van der Waals surface area contributed by atoms with Gasteiger partial charge >= 0.3 is 0 Å². The number of anilines is 1. The number of carbonyl (C=O) groups is 1. The van der Waals surface area contributed by atoms with Crippen molar-refractivity contribution in [1.29, 1.82) is 0 Å². The molecule has 0 unspecified atom stereocenters. The molecule has 1 aliphatic carbocycles. The second kappa shape index (κ2) is 9.72. The minimum absolute atomic E-state index is 0.0403. The summed E-state index contributed by atoms with van der Waals surface area (Å²) in [6, 6.07) is 15.2. The van der Waals surface area contributed by atoms with Gasteiger partial charge in [-0.1, -0.05) is 36.9 Å². The molecular weight excluding hydrogens is 469 g/mol. The predicted octanol–water partition coefficient (Wildman–Crippen LogP) is 5.83. The minimum atomic E-state index is -0.349. The fourth-order valence-corrected chi connectivity index (χ4v) is 6.64. The van der Waals surface area contributed by atoms with Gasteiger partial charge in [-0.05, 0) is 67.1 Å². The highest BCUT2D eigenvalue weighted by atomic mass is 32.2. The number of thioether (sulfide) groups is 1. The Balaban J connectivity index is 1.43. The van der Waals surface area contributed by atoms with E-state index in [9.17, 15) is 14.0 Å². The van der Waals surface area contributed by atoms with E-state index in [1.54, 1.807) is 15.9 Å². The molecule has 8 heteroatoms. The molecule has 0 bridgehead atoms. The van der Waals surface area contributed by atoms with Gasteiger partial charge in [-0.25, -0.2) is 9.37 Å². The summed E-state index contributed by atoms with van der Waals surface area (Å²) in [6.45, 7) is 2.25. The predicted molar refractivity (Wildman–Crippen MR) is 137 cm³/mol. The van der Waals surface area contributed by atoms with Crippen molar-refractivity contribution < 1.29 is 9.18 Å². The van der Waals surface area contributed by atoms with Crippen LogP contribution in [0.15, 0.2) is 64.5 Å². The first-order valence-corrected chi connectivity index (χ1v) is 13.1. The van der Waals surface area contributed by atoms with Crippen molar-refractivity contribution in [1.82, 2.24) is 9.55 Å². The summed E-state index contributed by atoms with van der Waals surface area (Å²) in [7, 11) is 0. The number of nitrogens with zero attached hydrogens (tertiary/aromatic N) is 2. The third-order valence-corrected chi connectivity index (χ3v) is 8.09. The van der Waals surface area contributed by atoms with Crippen LogP contribution in [0.3, 0.4) is 0 Å². The largest absolute Gasteiger partial charge is 0.326 e. The second-order valence-electron chi connectivity index (χ2n) is 8.56. The summed E-state index contributed by atoms with van der Waals surface area (Å²) in [5.74, 6) is 0.554. The van der Waals surface area contributed by atoms with Crippen LogP contribution in [-0.4, -0.2) is 21.2 Å². The van der Waals surface area contributed by atoms with E-state index in [4.69, 9.17) is 4.98 Å². The van der Waals surface area contributed by atoms with Gasteiger partial charge in [-0.2, -0.15) is 0 Å². The number of carbonyl (C=O) groups excluding carboxylic acids is 1. The molecule has 0 saturated heterocycles. The zero-order valence-electron chi connectivity index (χ0n) is 18.7. The van der Waals surface area contributed by atoms with Gasteiger partial charge in [-0.15, -0.1) is 11.3 Å². The van der Waals surface area contributed by atoms with Gasteiger partial charge in [-0.3, -0.25) is 14.2 Å². The molecule has 174 valence electrons. The van der Waals surface area contributed by atoms with E-state index in [2.05, 4.69) is 12.2 Å². The molecule has 1 aliphatic rings. The number of nitrogens with one attached hydrogen (secondary N) is 1. The lowest BCUT2D eigenvalue weighted by molar-refractivity contribution is -0.115. The molecule has 0 radical (unpaired) electrons. The zero-order chi connectivity index (χ0) is 23.7. The average molecular weight is 494 g/mol. The van der Waals surface area contributed by atoms with Crippen LogP contribution in [0.4, 0.5) is 10.1 Å². The summed E-state index contributed by atoms with van der Waals surface area (Å²) in [5, 5.41) is 4.11. The topological polar surface area (TPSA) is 64.0 Å². The normalized spacial score (nSPS) is 15.3. The first kappa shape index (κ1) is 22.8.